The monoisotopic (exact) mass is 218 g/mol. The predicted octanol–water partition coefficient (Wildman–Crippen LogP) is 0.943. The predicted molar refractivity (Wildman–Crippen MR) is 54.6 cm³/mol. The first-order valence-corrected chi connectivity index (χ1v) is 5.30. The largest absolute Gasteiger partial charge is 0.351 e. The second kappa shape index (κ2) is 3.77. The van der Waals surface area contributed by atoms with Gasteiger partial charge >= 0.3 is 0 Å². The molecule has 0 aliphatic carbocycles. The van der Waals surface area contributed by atoms with Crippen molar-refractivity contribution in [3.63, 3.8) is 0 Å². The molecule has 0 aromatic carbocycles. The van der Waals surface area contributed by atoms with Crippen LogP contribution in [0.5, 0.6) is 0 Å². The molecule has 0 bridgehead atoms. The first-order chi connectivity index (χ1) is 6.27. The summed E-state index contributed by atoms with van der Waals surface area (Å²) in [4.78, 5) is 4.48. The summed E-state index contributed by atoms with van der Waals surface area (Å²) in [7, 11) is 2.12. The van der Waals surface area contributed by atoms with Crippen LogP contribution in [0.3, 0.4) is 0 Å². The molecule has 0 saturated carbocycles. The maximum Gasteiger partial charge on any atom is 0.187 e. The third kappa shape index (κ3) is 1.92. The zero-order chi connectivity index (χ0) is 9.26. The van der Waals surface area contributed by atoms with Gasteiger partial charge in [0, 0.05) is 26.2 Å². The molecule has 2 heterocycles. The maximum absolute atomic E-state index is 5.89. The number of halogens is 1. The molecule has 2 rings (SSSR count). The Morgan fingerprint density at radius 1 is 1.23 bits per heavy atom. The van der Waals surface area contributed by atoms with Gasteiger partial charge in [0.2, 0.25) is 0 Å². The highest BCUT2D eigenvalue weighted by atomic mass is 35.5. The Morgan fingerprint density at radius 3 is 2.46 bits per heavy atom. The van der Waals surface area contributed by atoms with Crippen LogP contribution in [0.2, 0.25) is 5.15 Å². The van der Waals surface area contributed by atoms with Crippen LogP contribution in [0.25, 0.3) is 0 Å². The van der Waals surface area contributed by atoms with Crippen molar-refractivity contribution in [3.8, 4) is 0 Å². The van der Waals surface area contributed by atoms with Crippen molar-refractivity contribution in [1.29, 1.82) is 0 Å². The second-order valence-corrected chi connectivity index (χ2v) is 4.06. The number of likely N-dealkylation sites (N-methyl/N-ethyl adjacent to an activating group) is 1. The summed E-state index contributed by atoms with van der Waals surface area (Å²) >= 11 is 7.06. The van der Waals surface area contributed by atoms with Crippen molar-refractivity contribution in [1.82, 2.24) is 13.6 Å². The van der Waals surface area contributed by atoms with Crippen LogP contribution in [-0.2, 0) is 0 Å². The van der Waals surface area contributed by atoms with Crippen molar-refractivity contribution in [2.75, 3.05) is 38.1 Å². The molecule has 0 unspecified atom stereocenters. The molecule has 72 valence electrons. The molecule has 1 aliphatic rings. The van der Waals surface area contributed by atoms with Crippen molar-refractivity contribution in [2.24, 2.45) is 0 Å². The number of hydrogen-bond donors (Lipinski definition) is 0. The lowest BCUT2D eigenvalue weighted by atomic mass is 10.3. The van der Waals surface area contributed by atoms with Gasteiger partial charge in [0.05, 0.1) is 11.7 Å². The lowest BCUT2D eigenvalue weighted by Gasteiger charge is -2.32. The Bertz CT molecular complexity index is 282. The highest BCUT2D eigenvalue weighted by Crippen LogP contribution is 2.23. The molecular formula is C7H11ClN4S. The molecule has 1 aromatic rings. The van der Waals surface area contributed by atoms with Gasteiger partial charge in [0.15, 0.2) is 11.0 Å². The summed E-state index contributed by atoms with van der Waals surface area (Å²) in [5.74, 6) is 0.847. The number of aromatic nitrogens is 2. The van der Waals surface area contributed by atoms with Crippen LogP contribution >= 0.6 is 23.3 Å². The van der Waals surface area contributed by atoms with Gasteiger partial charge in [-0.3, -0.25) is 0 Å². The van der Waals surface area contributed by atoms with Gasteiger partial charge in [-0.15, -0.1) is 0 Å². The molecule has 0 radical (unpaired) electrons. The average molecular weight is 219 g/mol. The van der Waals surface area contributed by atoms with E-state index in [2.05, 4.69) is 25.6 Å². The smallest absolute Gasteiger partial charge is 0.187 e. The SMILES string of the molecule is CN1CCN(c2nsnc2Cl)CC1. The van der Waals surface area contributed by atoms with E-state index in [-0.39, 0.29) is 0 Å². The molecule has 0 N–H and O–H groups in total. The number of piperazine rings is 1. The molecule has 1 saturated heterocycles. The van der Waals surface area contributed by atoms with Gasteiger partial charge in [0.1, 0.15) is 0 Å². The minimum Gasteiger partial charge on any atom is -0.351 e. The van der Waals surface area contributed by atoms with Crippen LogP contribution in [0.15, 0.2) is 0 Å². The Balaban J connectivity index is 2.06. The van der Waals surface area contributed by atoms with E-state index >= 15 is 0 Å². The van der Waals surface area contributed by atoms with Gasteiger partial charge in [0.25, 0.3) is 0 Å². The third-order valence-electron chi connectivity index (χ3n) is 2.24. The summed E-state index contributed by atoms with van der Waals surface area (Å²) in [5, 5.41) is 0.537. The highest BCUT2D eigenvalue weighted by molar-refractivity contribution is 6.99. The first kappa shape index (κ1) is 9.18. The second-order valence-electron chi connectivity index (χ2n) is 3.17. The van der Waals surface area contributed by atoms with E-state index in [1.54, 1.807) is 0 Å². The maximum atomic E-state index is 5.89. The van der Waals surface area contributed by atoms with Crippen LogP contribution in [0, 0.1) is 0 Å². The molecule has 4 nitrogen and oxygen atoms in total. The lowest BCUT2D eigenvalue weighted by Crippen LogP contribution is -2.44. The average Bonchev–Trinajstić information content (AvgIpc) is 2.53. The lowest BCUT2D eigenvalue weighted by molar-refractivity contribution is 0.312. The molecule has 0 spiro atoms. The zero-order valence-electron chi connectivity index (χ0n) is 7.40. The fourth-order valence-electron chi connectivity index (χ4n) is 1.38. The van der Waals surface area contributed by atoms with Crippen molar-refractivity contribution < 1.29 is 0 Å². The summed E-state index contributed by atoms with van der Waals surface area (Å²) in [5.41, 5.74) is 0. The first-order valence-electron chi connectivity index (χ1n) is 4.19. The molecule has 1 aromatic heterocycles. The molecule has 0 atom stereocenters. The van der Waals surface area contributed by atoms with E-state index in [9.17, 15) is 0 Å². The van der Waals surface area contributed by atoms with Gasteiger partial charge in [-0.05, 0) is 7.05 Å². The van der Waals surface area contributed by atoms with Crippen LogP contribution in [0.4, 0.5) is 5.82 Å². The Labute approximate surface area is 86.4 Å². The number of anilines is 1. The molecule has 1 fully saturated rings. The van der Waals surface area contributed by atoms with E-state index in [1.807, 2.05) is 0 Å². The normalized spacial score (nSPS) is 19.4. The minimum atomic E-state index is 0.537. The van der Waals surface area contributed by atoms with Gasteiger partial charge in [-0.25, -0.2) is 0 Å². The van der Waals surface area contributed by atoms with Crippen LogP contribution < -0.4 is 4.90 Å². The van der Waals surface area contributed by atoms with Crippen molar-refractivity contribution in [3.05, 3.63) is 5.15 Å². The van der Waals surface area contributed by atoms with Crippen molar-refractivity contribution in [2.45, 2.75) is 0 Å². The number of rotatable bonds is 1. The Hall–Kier alpha value is -0.390. The fraction of sp³-hybridized carbons (Fsp3) is 0.714. The summed E-state index contributed by atoms with van der Waals surface area (Å²) < 4.78 is 8.12. The molecule has 6 heteroatoms. The van der Waals surface area contributed by atoms with Gasteiger partial charge in [-0.1, -0.05) is 11.6 Å². The summed E-state index contributed by atoms with van der Waals surface area (Å²) in [6.45, 7) is 4.10. The number of nitrogens with zero attached hydrogens (tertiary/aromatic N) is 4. The van der Waals surface area contributed by atoms with Gasteiger partial charge < -0.3 is 9.80 Å². The molecular weight excluding hydrogens is 208 g/mol. The van der Waals surface area contributed by atoms with E-state index in [0.717, 1.165) is 32.0 Å². The van der Waals surface area contributed by atoms with Crippen LogP contribution in [0.1, 0.15) is 0 Å². The van der Waals surface area contributed by atoms with Crippen LogP contribution in [-0.4, -0.2) is 46.9 Å². The Morgan fingerprint density at radius 2 is 1.92 bits per heavy atom. The third-order valence-corrected chi connectivity index (χ3v) is 3.11. The summed E-state index contributed by atoms with van der Waals surface area (Å²) in [6, 6.07) is 0. The topological polar surface area (TPSA) is 32.3 Å². The molecule has 1 aliphatic heterocycles. The van der Waals surface area contributed by atoms with Gasteiger partial charge in [-0.2, -0.15) is 8.75 Å². The number of hydrogen-bond acceptors (Lipinski definition) is 5. The molecule has 0 amide bonds. The van der Waals surface area contributed by atoms with E-state index in [4.69, 9.17) is 11.6 Å². The standard InChI is InChI=1S/C7H11ClN4S/c1-11-2-4-12(5-3-11)7-6(8)9-13-10-7/h2-5H2,1H3. The van der Waals surface area contributed by atoms with Crippen molar-refractivity contribution >= 4 is 29.1 Å². The van der Waals surface area contributed by atoms with E-state index in [0.29, 0.717) is 5.15 Å². The Kier molecular flexibility index (Phi) is 2.66. The quantitative estimate of drug-likeness (QED) is 0.703. The zero-order valence-corrected chi connectivity index (χ0v) is 8.98. The highest BCUT2D eigenvalue weighted by Gasteiger charge is 2.18. The van der Waals surface area contributed by atoms with E-state index in [1.165, 1.54) is 11.7 Å². The fourth-order valence-corrected chi connectivity index (χ4v) is 2.16. The van der Waals surface area contributed by atoms with E-state index < -0.39 is 0 Å². The minimum absolute atomic E-state index is 0.537. The summed E-state index contributed by atoms with van der Waals surface area (Å²) in [6.07, 6.45) is 0. The molecule has 13 heavy (non-hydrogen) atoms.